The van der Waals surface area contributed by atoms with Gasteiger partial charge in [-0.2, -0.15) is 5.26 Å². The van der Waals surface area contributed by atoms with Crippen LogP contribution in [0, 0.1) is 11.3 Å². The Bertz CT molecular complexity index is 541. The molecule has 0 spiro atoms. The molecule has 1 saturated heterocycles. The largest absolute Gasteiger partial charge is 0.394 e. The van der Waals surface area contributed by atoms with E-state index in [1.54, 1.807) is 24.3 Å². The van der Waals surface area contributed by atoms with Gasteiger partial charge in [-0.05, 0) is 25.1 Å². The number of morpholine rings is 1. The number of rotatable bonds is 4. The molecule has 1 aromatic rings. The predicted molar refractivity (Wildman–Crippen MR) is 77.6 cm³/mol. The van der Waals surface area contributed by atoms with Crippen molar-refractivity contribution in [2.24, 2.45) is 0 Å². The van der Waals surface area contributed by atoms with Crippen LogP contribution in [0.15, 0.2) is 24.3 Å². The molecule has 1 aromatic carbocycles. The van der Waals surface area contributed by atoms with Gasteiger partial charge in [-0.15, -0.1) is 0 Å². The topological polar surface area (TPSA) is 85.6 Å². The van der Waals surface area contributed by atoms with Crippen molar-refractivity contribution in [2.75, 3.05) is 31.6 Å². The smallest absolute Gasteiger partial charge is 0.238 e. The van der Waals surface area contributed by atoms with Crippen LogP contribution in [0.3, 0.4) is 0 Å². The van der Waals surface area contributed by atoms with Crippen LogP contribution in [0.25, 0.3) is 0 Å². The summed E-state index contributed by atoms with van der Waals surface area (Å²) in [6, 6.07) is 8.96. The summed E-state index contributed by atoms with van der Waals surface area (Å²) >= 11 is 0. The number of ether oxygens (including phenoxy) is 1. The summed E-state index contributed by atoms with van der Waals surface area (Å²) in [6.45, 7) is 3.20. The van der Waals surface area contributed by atoms with Gasteiger partial charge in [0.2, 0.25) is 5.91 Å². The zero-order valence-electron chi connectivity index (χ0n) is 12.0. The highest BCUT2D eigenvalue weighted by Crippen LogP contribution is 2.13. The summed E-state index contributed by atoms with van der Waals surface area (Å²) in [6.07, 6.45) is -0.240. The van der Waals surface area contributed by atoms with Gasteiger partial charge in [0.05, 0.1) is 37.5 Å². The molecule has 0 radical (unpaired) electrons. The standard InChI is InChI=1S/C15H19N3O3/c1-11-10-21-14(9-19)7-18(11)8-15(20)17-13-4-2-3-12(5-13)6-16/h2-5,11,14,19H,7-10H2,1H3,(H,17,20). The number of aliphatic hydroxyl groups excluding tert-OH is 1. The van der Waals surface area contributed by atoms with Crippen LogP contribution in [0.5, 0.6) is 0 Å². The summed E-state index contributed by atoms with van der Waals surface area (Å²) in [4.78, 5) is 14.1. The number of carbonyl (C=O) groups excluding carboxylic acids is 1. The van der Waals surface area contributed by atoms with E-state index in [4.69, 9.17) is 15.1 Å². The second-order valence-electron chi connectivity index (χ2n) is 5.16. The molecule has 1 aliphatic rings. The molecule has 0 aliphatic carbocycles. The fraction of sp³-hybridized carbons (Fsp3) is 0.467. The average molecular weight is 289 g/mol. The lowest BCUT2D eigenvalue weighted by atomic mass is 10.2. The van der Waals surface area contributed by atoms with Crippen LogP contribution in [-0.2, 0) is 9.53 Å². The van der Waals surface area contributed by atoms with Gasteiger partial charge in [0, 0.05) is 18.3 Å². The molecule has 1 heterocycles. The van der Waals surface area contributed by atoms with Crippen molar-refractivity contribution < 1.29 is 14.6 Å². The Morgan fingerprint density at radius 2 is 2.43 bits per heavy atom. The van der Waals surface area contributed by atoms with E-state index in [1.165, 1.54) is 0 Å². The monoisotopic (exact) mass is 289 g/mol. The number of nitriles is 1. The molecule has 1 aliphatic heterocycles. The van der Waals surface area contributed by atoms with Crippen LogP contribution >= 0.6 is 0 Å². The summed E-state index contributed by atoms with van der Waals surface area (Å²) < 4.78 is 5.44. The summed E-state index contributed by atoms with van der Waals surface area (Å²) in [5.74, 6) is -0.143. The number of nitrogens with zero attached hydrogens (tertiary/aromatic N) is 2. The van der Waals surface area contributed by atoms with Crippen LogP contribution < -0.4 is 5.32 Å². The number of nitrogens with one attached hydrogen (secondary N) is 1. The van der Waals surface area contributed by atoms with E-state index >= 15 is 0 Å². The van der Waals surface area contributed by atoms with Gasteiger partial charge in [-0.25, -0.2) is 0 Å². The molecule has 6 heteroatoms. The van der Waals surface area contributed by atoms with Gasteiger partial charge in [0.1, 0.15) is 0 Å². The van der Waals surface area contributed by atoms with Crippen LogP contribution in [0.2, 0.25) is 0 Å². The minimum Gasteiger partial charge on any atom is -0.394 e. The van der Waals surface area contributed by atoms with E-state index in [0.717, 1.165) is 0 Å². The molecule has 2 atom stereocenters. The fourth-order valence-corrected chi connectivity index (χ4v) is 2.26. The Balaban J connectivity index is 1.93. The molecule has 1 fully saturated rings. The molecule has 0 saturated carbocycles. The Morgan fingerprint density at radius 1 is 1.62 bits per heavy atom. The maximum atomic E-state index is 12.1. The van der Waals surface area contributed by atoms with Crippen LogP contribution in [0.4, 0.5) is 5.69 Å². The number of amides is 1. The third-order valence-corrected chi connectivity index (χ3v) is 3.46. The van der Waals surface area contributed by atoms with Gasteiger partial charge in [0.25, 0.3) is 0 Å². The van der Waals surface area contributed by atoms with Crippen molar-refractivity contribution >= 4 is 11.6 Å². The first-order chi connectivity index (χ1) is 10.1. The van der Waals surface area contributed by atoms with Gasteiger partial charge >= 0.3 is 0 Å². The van der Waals surface area contributed by atoms with Crippen molar-refractivity contribution in [3.05, 3.63) is 29.8 Å². The minimum atomic E-state index is -0.240. The first kappa shape index (κ1) is 15.4. The Morgan fingerprint density at radius 3 is 3.14 bits per heavy atom. The number of benzene rings is 1. The Hall–Kier alpha value is -1.94. The first-order valence-corrected chi connectivity index (χ1v) is 6.89. The van der Waals surface area contributed by atoms with Crippen molar-refractivity contribution in [2.45, 2.75) is 19.1 Å². The van der Waals surface area contributed by atoms with Crippen molar-refractivity contribution in [3.63, 3.8) is 0 Å². The zero-order chi connectivity index (χ0) is 15.2. The number of hydrogen-bond donors (Lipinski definition) is 2. The van der Waals surface area contributed by atoms with Crippen molar-refractivity contribution in [1.82, 2.24) is 4.90 Å². The number of hydrogen-bond acceptors (Lipinski definition) is 5. The zero-order valence-corrected chi connectivity index (χ0v) is 12.0. The summed E-state index contributed by atoms with van der Waals surface area (Å²) in [5, 5.41) is 20.8. The molecular weight excluding hydrogens is 270 g/mol. The third-order valence-electron chi connectivity index (χ3n) is 3.46. The first-order valence-electron chi connectivity index (χ1n) is 6.89. The van der Waals surface area contributed by atoms with E-state index in [2.05, 4.69) is 5.32 Å². The second-order valence-corrected chi connectivity index (χ2v) is 5.16. The number of aliphatic hydroxyl groups is 1. The number of carbonyl (C=O) groups is 1. The van der Waals surface area contributed by atoms with E-state index in [0.29, 0.717) is 24.4 Å². The second kappa shape index (κ2) is 7.18. The van der Waals surface area contributed by atoms with Gasteiger partial charge in [-0.1, -0.05) is 6.07 Å². The molecule has 21 heavy (non-hydrogen) atoms. The Labute approximate surface area is 123 Å². The maximum Gasteiger partial charge on any atom is 0.238 e. The van der Waals surface area contributed by atoms with Crippen molar-refractivity contribution in [3.8, 4) is 6.07 Å². The highest BCUT2D eigenvalue weighted by atomic mass is 16.5. The van der Waals surface area contributed by atoms with Crippen LogP contribution in [0.1, 0.15) is 12.5 Å². The molecule has 0 aromatic heterocycles. The maximum absolute atomic E-state index is 12.1. The van der Waals surface area contributed by atoms with E-state index in [9.17, 15) is 4.79 Å². The predicted octanol–water partition coefficient (Wildman–Crippen LogP) is 0.578. The molecule has 6 nitrogen and oxygen atoms in total. The van der Waals surface area contributed by atoms with Gasteiger partial charge < -0.3 is 15.2 Å². The summed E-state index contributed by atoms with van der Waals surface area (Å²) in [7, 11) is 0. The quantitative estimate of drug-likeness (QED) is 0.847. The van der Waals surface area contributed by atoms with Crippen molar-refractivity contribution in [1.29, 1.82) is 5.26 Å². The third kappa shape index (κ3) is 4.26. The SMILES string of the molecule is CC1COC(CO)CN1CC(=O)Nc1cccc(C#N)c1. The average Bonchev–Trinajstić information content (AvgIpc) is 2.49. The van der Waals surface area contributed by atoms with E-state index in [1.807, 2.05) is 17.9 Å². The van der Waals surface area contributed by atoms with Gasteiger partial charge in [-0.3, -0.25) is 9.69 Å². The lowest BCUT2D eigenvalue weighted by molar-refractivity contribution is -0.122. The molecule has 1 amide bonds. The molecule has 2 unspecified atom stereocenters. The fourth-order valence-electron chi connectivity index (χ4n) is 2.26. The lowest BCUT2D eigenvalue weighted by Crippen LogP contribution is -2.51. The molecule has 112 valence electrons. The molecule has 2 N–H and O–H groups in total. The molecular formula is C15H19N3O3. The van der Waals surface area contributed by atoms with Crippen LogP contribution in [-0.4, -0.2) is 54.4 Å². The van der Waals surface area contributed by atoms with Gasteiger partial charge in [0.15, 0.2) is 0 Å². The minimum absolute atomic E-state index is 0.0466. The highest BCUT2D eigenvalue weighted by molar-refractivity contribution is 5.92. The number of anilines is 1. The van der Waals surface area contributed by atoms with E-state index < -0.39 is 0 Å². The molecule has 2 rings (SSSR count). The summed E-state index contributed by atoms with van der Waals surface area (Å²) in [5.41, 5.74) is 1.12. The lowest BCUT2D eigenvalue weighted by Gasteiger charge is -2.36. The Kier molecular flexibility index (Phi) is 5.28. The molecule has 0 bridgehead atoms. The highest BCUT2D eigenvalue weighted by Gasteiger charge is 2.26. The van der Waals surface area contributed by atoms with E-state index in [-0.39, 0.29) is 31.2 Å². The normalized spacial score (nSPS) is 22.5.